The van der Waals surface area contributed by atoms with E-state index in [0.717, 1.165) is 6.08 Å². The number of benzene rings is 1. The molecule has 0 aliphatic rings. The van der Waals surface area contributed by atoms with Crippen molar-refractivity contribution in [2.45, 2.75) is 6.61 Å². The maximum Gasteiger partial charge on any atom is 0.387 e. The van der Waals surface area contributed by atoms with E-state index in [2.05, 4.69) is 4.74 Å². The number of ether oxygens (including phenoxy) is 1. The highest BCUT2D eigenvalue weighted by molar-refractivity contribution is 6.43. The van der Waals surface area contributed by atoms with Crippen molar-refractivity contribution in [3.05, 3.63) is 33.8 Å². The summed E-state index contributed by atoms with van der Waals surface area (Å²) in [5, 5.41) is 8.17. The minimum Gasteiger partial charge on any atom is -0.478 e. The quantitative estimate of drug-likeness (QED) is 0.857. The second-order valence-corrected chi connectivity index (χ2v) is 3.59. The molecule has 0 spiro atoms. The van der Waals surface area contributed by atoms with Crippen molar-refractivity contribution in [2.24, 2.45) is 0 Å². The molecule has 0 unspecified atom stereocenters. The van der Waals surface area contributed by atoms with Gasteiger partial charge in [0.25, 0.3) is 0 Å². The fourth-order valence-corrected chi connectivity index (χ4v) is 1.46. The zero-order valence-corrected chi connectivity index (χ0v) is 9.67. The van der Waals surface area contributed by atoms with Gasteiger partial charge in [-0.1, -0.05) is 23.2 Å². The Morgan fingerprint density at radius 1 is 1.35 bits per heavy atom. The Kier molecular flexibility index (Phi) is 4.72. The molecule has 7 heteroatoms. The van der Waals surface area contributed by atoms with E-state index in [1.54, 1.807) is 0 Å². The van der Waals surface area contributed by atoms with Crippen LogP contribution in [0.4, 0.5) is 8.78 Å². The Balaban J connectivity index is 3.06. The molecule has 1 N–H and O–H groups in total. The third-order valence-corrected chi connectivity index (χ3v) is 2.58. The molecule has 0 amide bonds. The second-order valence-electron chi connectivity index (χ2n) is 2.83. The topological polar surface area (TPSA) is 46.5 Å². The number of aliphatic carboxylic acids is 1. The van der Waals surface area contributed by atoms with Crippen LogP contribution in [0.15, 0.2) is 18.2 Å². The van der Waals surface area contributed by atoms with Crippen molar-refractivity contribution in [3.63, 3.8) is 0 Å². The number of rotatable bonds is 4. The largest absolute Gasteiger partial charge is 0.478 e. The lowest BCUT2D eigenvalue weighted by Crippen LogP contribution is -2.02. The first-order valence-electron chi connectivity index (χ1n) is 4.25. The summed E-state index contributed by atoms with van der Waals surface area (Å²) in [5.41, 5.74) is 0.292. The number of carbonyl (C=O) groups is 1. The lowest BCUT2D eigenvalue weighted by Gasteiger charge is -2.09. The molecular formula is C10H6Cl2F2O3. The van der Waals surface area contributed by atoms with Crippen molar-refractivity contribution in [3.8, 4) is 5.75 Å². The molecule has 1 aromatic carbocycles. The van der Waals surface area contributed by atoms with Crippen LogP contribution in [0.1, 0.15) is 5.56 Å². The minimum atomic E-state index is -3.01. The van der Waals surface area contributed by atoms with Gasteiger partial charge >= 0.3 is 12.6 Å². The molecule has 92 valence electrons. The summed E-state index contributed by atoms with van der Waals surface area (Å²) in [6.07, 6.45) is 2.05. The van der Waals surface area contributed by atoms with Gasteiger partial charge in [0, 0.05) is 6.08 Å². The number of hydrogen-bond acceptors (Lipinski definition) is 2. The maximum atomic E-state index is 12.0. The first kappa shape index (κ1) is 13.7. The van der Waals surface area contributed by atoms with Gasteiger partial charge in [0.1, 0.15) is 10.8 Å². The fraction of sp³-hybridized carbons (Fsp3) is 0.100. The number of halogens is 4. The first-order chi connectivity index (χ1) is 7.91. The zero-order valence-electron chi connectivity index (χ0n) is 8.16. The van der Waals surface area contributed by atoms with Crippen LogP contribution < -0.4 is 4.74 Å². The summed E-state index contributed by atoms with van der Waals surface area (Å²) in [7, 11) is 0. The normalized spacial score (nSPS) is 11.1. The summed E-state index contributed by atoms with van der Waals surface area (Å²) in [6.45, 7) is -3.01. The van der Waals surface area contributed by atoms with Crippen LogP contribution in [0.25, 0.3) is 6.08 Å². The van der Waals surface area contributed by atoms with Gasteiger partial charge in [0.05, 0.1) is 5.02 Å². The molecule has 0 radical (unpaired) electrons. The molecule has 0 saturated carbocycles. The predicted octanol–water partition coefficient (Wildman–Crippen LogP) is 3.69. The van der Waals surface area contributed by atoms with E-state index in [1.807, 2.05) is 0 Å². The lowest BCUT2D eigenvalue weighted by atomic mass is 10.2. The third kappa shape index (κ3) is 3.87. The van der Waals surface area contributed by atoms with E-state index in [9.17, 15) is 13.6 Å². The van der Waals surface area contributed by atoms with Crippen molar-refractivity contribution in [2.75, 3.05) is 0 Å². The highest BCUT2D eigenvalue weighted by Gasteiger charge is 2.13. The van der Waals surface area contributed by atoms with E-state index in [0.29, 0.717) is 5.56 Å². The smallest absolute Gasteiger partial charge is 0.387 e. The second kappa shape index (κ2) is 5.84. The lowest BCUT2D eigenvalue weighted by molar-refractivity contribution is -0.131. The number of alkyl halides is 2. The van der Waals surface area contributed by atoms with Gasteiger partial charge in [-0.25, -0.2) is 4.79 Å². The fourth-order valence-electron chi connectivity index (χ4n) is 1.02. The van der Waals surface area contributed by atoms with Crippen LogP contribution in [0, 0.1) is 0 Å². The molecule has 17 heavy (non-hydrogen) atoms. The van der Waals surface area contributed by atoms with Crippen LogP contribution >= 0.6 is 23.2 Å². The molecule has 3 nitrogen and oxygen atoms in total. The maximum absolute atomic E-state index is 12.0. The van der Waals surface area contributed by atoms with Crippen molar-refractivity contribution in [1.29, 1.82) is 0 Å². The third-order valence-electron chi connectivity index (χ3n) is 1.70. The molecule has 1 rings (SSSR count). The monoisotopic (exact) mass is 282 g/mol. The van der Waals surface area contributed by atoms with Gasteiger partial charge in [-0.05, 0) is 23.8 Å². The van der Waals surface area contributed by atoms with E-state index < -0.39 is 12.6 Å². The summed E-state index contributed by atoms with van der Waals surface area (Å²) in [4.78, 5) is 10.3. The molecule has 1 aromatic rings. The van der Waals surface area contributed by atoms with Crippen LogP contribution in [-0.2, 0) is 4.79 Å². The molecule has 0 atom stereocenters. The average molecular weight is 283 g/mol. The number of hydrogen-bond donors (Lipinski definition) is 1. The molecule has 0 heterocycles. The summed E-state index contributed by atoms with van der Waals surface area (Å²) in [5.74, 6) is -1.43. The number of carboxylic acid groups (broad SMARTS) is 1. The van der Waals surface area contributed by atoms with Crippen molar-refractivity contribution >= 4 is 35.2 Å². The Bertz CT molecular complexity index is 461. The van der Waals surface area contributed by atoms with Crippen LogP contribution in [0.5, 0.6) is 5.75 Å². The van der Waals surface area contributed by atoms with Gasteiger partial charge < -0.3 is 9.84 Å². The molecule has 0 bridgehead atoms. The van der Waals surface area contributed by atoms with Crippen molar-refractivity contribution < 1.29 is 23.4 Å². The Morgan fingerprint density at radius 3 is 2.53 bits per heavy atom. The minimum absolute atomic E-state index is 0.0534. The summed E-state index contributed by atoms with van der Waals surface area (Å²) >= 11 is 11.5. The van der Waals surface area contributed by atoms with E-state index >= 15 is 0 Å². The summed E-state index contributed by atoms with van der Waals surface area (Å²) < 4.78 is 28.1. The van der Waals surface area contributed by atoms with Gasteiger partial charge in [-0.2, -0.15) is 8.78 Å². The molecule has 0 aromatic heterocycles. The van der Waals surface area contributed by atoms with Crippen molar-refractivity contribution in [1.82, 2.24) is 0 Å². The Morgan fingerprint density at radius 2 is 2.00 bits per heavy atom. The average Bonchev–Trinajstić information content (AvgIpc) is 2.23. The number of carboxylic acids is 1. The van der Waals surface area contributed by atoms with Gasteiger partial charge in [-0.15, -0.1) is 0 Å². The SMILES string of the molecule is O=C(O)/C=C/c1ccc(OC(F)F)c(Cl)c1Cl. The van der Waals surface area contributed by atoms with Gasteiger partial charge in [-0.3, -0.25) is 0 Å². The highest BCUT2D eigenvalue weighted by Crippen LogP contribution is 2.35. The predicted molar refractivity (Wildman–Crippen MR) is 59.8 cm³/mol. The molecule has 0 aliphatic carbocycles. The molecule has 0 fully saturated rings. The van der Waals surface area contributed by atoms with Gasteiger partial charge in [0.15, 0.2) is 0 Å². The van der Waals surface area contributed by atoms with Crippen LogP contribution in [0.3, 0.4) is 0 Å². The Hall–Kier alpha value is -1.33. The van der Waals surface area contributed by atoms with Crippen LogP contribution in [0.2, 0.25) is 10.0 Å². The van der Waals surface area contributed by atoms with E-state index in [-0.39, 0.29) is 15.8 Å². The molecule has 0 aliphatic heterocycles. The van der Waals surface area contributed by atoms with E-state index in [1.165, 1.54) is 18.2 Å². The Labute approximate surface area is 105 Å². The van der Waals surface area contributed by atoms with Gasteiger partial charge in [0.2, 0.25) is 0 Å². The highest BCUT2D eigenvalue weighted by atomic mass is 35.5. The summed E-state index contributed by atoms with van der Waals surface area (Å²) in [6, 6.07) is 2.51. The van der Waals surface area contributed by atoms with Crippen LogP contribution in [-0.4, -0.2) is 17.7 Å². The zero-order chi connectivity index (χ0) is 13.0. The van der Waals surface area contributed by atoms with E-state index in [4.69, 9.17) is 28.3 Å². The molecular weight excluding hydrogens is 277 g/mol. The standard InChI is InChI=1S/C10H6Cl2F2O3/c11-8-5(2-4-7(15)16)1-3-6(9(8)12)17-10(13)14/h1-4,10H,(H,15,16)/b4-2+. The molecule has 0 saturated heterocycles. The first-order valence-corrected chi connectivity index (χ1v) is 5.01.